The maximum Gasteiger partial charge on any atom is -0.0132 e. The first-order valence-corrected chi connectivity index (χ1v) is 23.4. The predicted molar refractivity (Wildman–Crippen MR) is 208 cm³/mol. The molecule has 0 nitrogen and oxygen atoms in total. The van der Waals surface area contributed by atoms with E-state index in [4.69, 9.17) is 0 Å². The quantitative estimate of drug-likeness (QED) is 0.127. The zero-order valence-corrected chi connectivity index (χ0v) is 36.4. The van der Waals surface area contributed by atoms with Crippen LogP contribution in [-0.2, 0) is 34.2 Å². The maximum absolute atomic E-state index is 2.39. The molecule has 0 amide bonds. The van der Waals surface area contributed by atoms with Crippen molar-refractivity contribution >= 4 is 27.0 Å². The van der Waals surface area contributed by atoms with E-state index in [1.807, 2.05) is 0 Å². The van der Waals surface area contributed by atoms with Gasteiger partial charge in [-0.1, -0.05) is 141 Å². The van der Waals surface area contributed by atoms with Crippen LogP contribution in [0, 0.1) is 6.92 Å². The van der Waals surface area contributed by atoms with Gasteiger partial charge in [-0.05, 0) is 39.0 Å². The molecule has 1 unspecified atom stereocenters. The van der Waals surface area contributed by atoms with Gasteiger partial charge in [0.2, 0.25) is 0 Å². The molecule has 0 saturated heterocycles. The second-order valence-corrected chi connectivity index (χ2v) is 24.8. The molecule has 0 saturated carbocycles. The van der Waals surface area contributed by atoms with Crippen LogP contribution in [0.4, 0.5) is 0 Å². The predicted octanol–water partition coefficient (Wildman–Crippen LogP) is 7.66. The summed E-state index contributed by atoms with van der Waals surface area (Å²) in [6.45, 7) is 24.9. The van der Waals surface area contributed by atoms with Gasteiger partial charge in [-0.15, -0.1) is 69.1 Å². The second kappa shape index (κ2) is 18.3. The summed E-state index contributed by atoms with van der Waals surface area (Å²) in [7, 11) is 0. The van der Waals surface area contributed by atoms with E-state index < -0.39 is 0 Å². The molecule has 0 fully saturated rings. The first-order chi connectivity index (χ1) is 22.1. The normalized spacial score (nSPS) is 11.8. The van der Waals surface area contributed by atoms with Crippen molar-refractivity contribution in [1.29, 1.82) is 0 Å². The standard InChI is InChI=1S/C23H27.C20H21.C2H6Si.2ClH.Zr/c1-6-16(2)19-14-18-8-7-9-21(22(18)15-19)17-10-12-20(13-11-17)23(3,4)5;1-14-12-16-6-5-7-18(19(16)13-14)15-8-10-17(11-9-15)20(2,3)4;1-3-2;;;/h7-16H,6H2,1-5H3;5-13H,1-4H3;1-2H3;2*1H;/q2*-1;;;;+2/p-2. The largest absolute Gasteiger partial charge is 1.00 e. The van der Waals surface area contributed by atoms with Crippen LogP contribution >= 0.6 is 0 Å². The smallest absolute Gasteiger partial charge is 0.0132 e. The molecule has 4 heteroatoms. The Morgan fingerprint density at radius 1 is 0.633 bits per heavy atom. The summed E-state index contributed by atoms with van der Waals surface area (Å²) in [6, 6.07) is 40.6. The zero-order valence-electron chi connectivity index (χ0n) is 31.4. The van der Waals surface area contributed by atoms with Crippen molar-refractivity contribution in [1.82, 2.24) is 0 Å². The second-order valence-electron chi connectivity index (χ2n) is 15.4. The average Bonchev–Trinajstić information content (AvgIpc) is 3.63. The molecule has 0 aliphatic heterocycles. The van der Waals surface area contributed by atoms with Crippen molar-refractivity contribution in [2.24, 2.45) is 0 Å². The van der Waals surface area contributed by atoms with E-state index in [0.717, 1.165) is 0 Å². The molecule has 1 atom stereocenters. The molecule has 49 heavy (non-hydrogen) atoms. The minimum atomic E-state index is 0. The first kappa shape index (κ1) is 42.9. The fourth-order valence-electron chi connectivity index (χ4n) is 5.97. The SMILES string of the molecule is CCC(C)c1cc2c(-c3ccc(C(C)(C)C)cc3)cccc2[cH-]1.C[Si](C)=[Zr+2].Cc1cc2c(-c3ccc(C(C)(C)C)cc3)cccc2[cH-]1.[Cl-].[Cl-]. The van der Waals surface area contributed by atoms with Gasteiger partial charge in [0, 0.05) is 0 Å². The van der Waals surface area contributed by atoms with Gasteiger partial charge in [0.15, 0.2) is 0 Å². The molecular weight excluding hydrogens is 731 g/mol. The summed E-state index contributed by atoms with van der Waals surface area (Å²) in [5, 5.41) is 5.43. The van der Waals surface area contributed by atoms with Crippen LogP contribution in [0.5, 0.6) is 0 Å². The van der Waals surface area contributed by atoms with Crippen LogP contribution in [0.1, 0.15) is 90.0 Å². The molecule has 0 N–H and O–H groups in total. The van der Waals surface area contributed by atoms with Crippen LogP contribution in [0.3, 0.4) is 0 Å². The van der Waals surface area contributed by atoms with E-state index in [1.165, 1.54) is 72.5 Å². The summed E-state index contributed by atoms with van der Waals surface area (Å²) in [6.07, 6.45) is 1.19. The molecule has 6 aromatic carbocycles. The summed E-state index contributed by atoms with van der Waals surface area (Å²) in [5.41, 5.74) is 11.5. The number of benzene rings is 4. The molecule has 0 aromatic heterocycles. The number of halogens is 2. The Morgan fingerprint density at radius 3 is 1.41 bits per heavy atom. The van der Waals surface area contributed by atoms with Gasteiger partial charge in [-0.2, -0.15) is 12.1 Å². The minimum Gasteiger partial charge on any atom is -1.00 e. The van der Waals surface area contributed by atoms with Gasteiger partial charge in [0.1, 0.15) is 0 Å². The van der Waals surface area contributed by atoms with Crippen molar-refractivity contribution in [2.45, 2.75) is 98.6 Å². The minimum absolute atomic E-state index is 0. The Labute approximate surface area is 325 Å². The Bertz CT molecular complexity index is 1920. The summed E-state index contributed by atoms with van der Waals surface area (Å²) < 4.78 is 0. The molecular formula is C45H54Cl2SiZr-2. The first-order valence-electron chi connectivity index (χ1n) is 17.2. The van der Waals surface area contributed by atoms with Gasteiger partial charge in [0.25, 0.3) is 0 Å². The van der Waals surface area contributed by atoms with E-state index in [9.17, 15) is 0 Å². The summed E-state index contributed by atoms with van der Waals surface area (Å²) >= 11 is 1.74. The van der Waals surface area contributed by atoms with Crippen LogP contribution in [-0.4, -0.2) is 5.43 Å². The molecule has 6 aromatic rings. The van der Waals surface area contributed by atoms with Crippen molar-refractivity contribution in [2.75, 3.05) is 0 Å². The third-order valence-electron chi connectivity index (χ3n) is 8.97. The molecule has 0 spiro atoms. The van der Waals surface area contributed by atoms with E-state index >= 15 is 0 Å². The third kappa shape index (κ3) is 11.4. The Morgan fingerprint density at radius 2 is 1.02 bits per heavy atom. The monoisotopic (exact) mass is 782 g/mol. The van der Waals surface area contributed by atoms with Gasteiger partial charge < -0.3 is 24.8 Å². The molecule has 0 radical (unpaired) electrons. The fraction of sp³-hybridized carbons (Fsp3) is 0.333. The van der Waals surface area contributed by atoms with Crippen molar-refractivity contribution in [3.63, 3.8) is 0 Å². The fourth-order valence-corrected chi connectivity index (χ4v) is 5.97. The number of hydrogen-bond acceptors (Lipinski definition) is 0. The van der Waals surface area contributed by atoms with Crippen LogP contribution < -0.4 is 24.8 Å². The topological polar surface area (TPSA) is 0 Å². The van der Waals surface area contributed by atoms with Gasteiger partial charge >= 0.3 is 41.9 Å². The van der Waals surface area contributed by atoms with Crippen molar-refractivity contribution in [3.05, 3.63) is 131 Å². The van der Waals surface area contributed by atoms with E-state index in [1.54, 1.807) is 23.3 Å². The molecule has 6 rings (SSSR count). The Kier molecular flexibility index (Phi) is 16.1. The third-order valence-corrected chi connectivity index (χ3v) is 8.97. The van der Waals surface area contributed by atoms with Gasteiger partial charge in [0.05, 0.1) is 0 Å². The van der Waals surface area contributed by atoms with E-state index in [-0.39, 0.29) is 41.1 Å². The molecule has 258 valence electrons. The average molecular weight is 785 g/mol. The number of fused-ring (bicyclic) bond motifs is 2. The Balaban J connectivity index is 0.000000298. The molecule has 0 aliphatic rings. The van der Waals surface area contributed by atoms with E-state index in [2.05, 4.69) is 185 Å². The molecule has 0 heterocycles. The molecule has 0 bridgehead atoms. The van der Waals surface area contributed by atoms with Crippen LogP contribution in [0.2, 0.25) is 13.1 Å². The van der Waals surface area contributed by atoms with Crippen LogP contribution in [0.25, 0.3) is 43.8 Å². The Hall–Kier alpha value is -2.22. The zero-order chi connectivity index (χ0) is 34.5. The van der Waals surface area contributed by atoms with Crippen molar-refractivity contribution in [3.8, 4) is 22.3 Å². The van der Waals surface area contributed by atoms with E-state index in [0.29, 0.717) is 5.92 Å². The van der Waals surface area contributed by atoms with Crippen molar-refractivity contribution < 1.29 is 48.1 Å². The number of aryl methyl sites for hydroxylation is 1. The summed E-state index contributed by atoms with van der Waals surface area (Å²) in [5.74, 6) is 0.624. The number of hydrogen-bond donors (Lipinski definition) is 0. The van der Waals surface area contributed by atoms with Crippen LogP contribution in [0.15, 0.2) is 109 Å². The summed E-state index contributed by atoms with van der Waals surface area (Å²) in [4.78, 5) is 0. The molecule has 0 aliphatic carbocycles. The van der Waals surface area contributed by atoms with Gasteiger partial charge in [-0.25, -0.2) is 0 Å². The van der Waals surface area contributed by atoms with Gasteiger partial charge in [-0.3, -0.25) is 0 Å². The maximum atomic E-state index is 2.39. The number of rotatable bonds is 4.